The Hall–Kier alpha value is -1.61. The van der Waals surface area contributed by atoms with Crippen LogP contribution in [0.3, 0.4) is 0 Å². The predicted molar refractivity (Wildman–Crippen MR) is 102 cm³/mol. The monoisotopic (exact) mass is 398 g/mol. The van der Waals surface area contributed by atoms with E-state index in [1.807, 2.05) is 0 Å². The van der Waals surface area contributed by atoms with Crippen LogP contribution in [0.15, 0.2) is 72.8 Å². The number of hydrogen-bond acceptors (Lipinski definition) is 0. The van der Waals surface area contributed by atoms with Gasteiger partial charge in [-0.3, -0.25) is 0 Å². The summed E-state index contributed by atoms with van der Waals surface area (Å²) in [5.74, 6) is 0.289. The quantitative estimate of drug-likeness (QED) is 0.370. The Morgan fingerprint density at radius 1 is 0.636 bits per heavy atom. The Labute approximate surface area is 146 Å². The van der Waals surface area contributed by atoms with E-state index >= 15 is 0 Å². The summed E-state index contributed by atoms with van der Waals surface area (Å²) in [6, 6.07) is 26.2. The highest BCUT2D eigenvalue weighted by Gasteiger charge is 2.17. The molecule has 22 heavy (non-hydrogen) atoms. The topological polar surface area (TPSA) is 0 Å². The van der Waals surface area contributed by atoms with Gasteiger partial charge in [-0.15, -0.1) is 0 Å². The molecular weight excluding hydrogens is 379 g/mol. The first-order valence-corrected chi connectivity index (χ1v) is 8.61. The lowest BCUT2D eigenvalue weighted by Crippen LogP contribution is -2.05. The van der Waals surface area contributed by atoms with Gasteiger partial charge in [-0.2, -0.15) is 0 Å². The van der Waals surface area contributed by atoms with Gasteiger partial charge in [-0.1, -0.05) is 72.8 Å². The van der Waals surface area contributed by atoms with E-state index in [2.05, 4.69) is 109 Å². The normalized spacial score (nSPS) is 10.9. The predicted octanol–water partition coefficient (Wildman–Crippen LogP) is 6.09. The van der Waals surface area contributed by atoms with Gasteiger partial charge in [0.15, 0.2) is 0 Å². The van der Waals surface area contributed by atoms with Gasteiger partial charge in [0.25, 0.3) is 0 Å². The van der Waals surface area contributed by atoms with Crippen LogP contribution in [0.4, 0.5) is 0 Å². The first kappa shape index (κ1) is 15.3. The molecule has 0 saturated carbocycles. The fraction of sp³-hybridized carbons (Fsp3) is 0.143. The summed E-state index contributed by atoms with van der Waals surface area (Å²) in [4.78, 5) is 0. The van der Waals surface area contributed by atoms with Crippen LogP contribution in [-0.2, 0) is 0 Å². The van der Waals surface area contributed by atoms with Crippen molar-refractivity contribution in [2.75, 3.05) is 0 Å². The molecular formula is C21H19I. The minimum Gasteiger partial charge on any atom is -0.0622 e. The Kier molecular flexibility index (Phi) is 4.63. The largest absolute Gasteiger partial charge is 0.0622 e. The van der Waals surface area contributed by atoms with Gasteiger partial charge in [0, 0.05) is 9.49 Å². The van der Waals surface area contributed by atoms with Crippen molar-refractivity contribution in [3.05, 3.63) is 104 Å². The summed E-state index contributed by atoms with van der Waals surface area (Å²) in [7, 11) is 0. The number of hydrogen-bond donors (Lipinski definition) is 0. The minimum atomic E-state index is 0.289. The Bertz CT molecular complexity index is 698. The van der Waals surface area contributed by atoms with Crippen molar-refractivity contribution in [1.29, 1.82) is 0 Å². The molecule has 0 N–H and O–H groups in total. The summed E-state index contributed by atoms with van der Waals surface area (Å²) < 4.78 is 1.36. The average molecular weight is 398 g/mol. The standard InChI is InChI=1S/C21H19I/c1-15-13-19(14-16(2)21(15)22)20(17-9-5-3-6-10-17)18-11-7-4-8-12-18/h3-14,20H,1-2H3. The van der Waals surface area contributed by atoms with E-state index in [1.165, 1.54) is 31.4 Å². The Morgan fingerprint density at radius 3 is 1.45 bits per heavy atom. The average Bonchev–Trinajstić information content (AvgIpc) is 2.55. The van der Waals surface area contributed by atoms with Crippen molar-refractivity contribution < 1.29 is 0 Å². The fourth-order valence-corrected chi connectivity index (χ4v) is 3.33. The van der Waals surface area contributed by atoms with E-state index in [9.17, 15) is 0 Å². The molecule has 0 atom stereocenters. The number of aryl methyl sites for hydroxylation is 2. The number of halogens is 1. The number of benzene rings is 3. The third kappa shape index (κ3) is 3.09. The van der Waals surface area contributed by atoms with E-state index in [0.29, 0.717) is 0 Å². The van der Waals surface area contributed by atoms with Gasteiger partial charge in [-0.05, 0) is 64.3 Å². The van der Waals surface area contributed by atoms with E-state index in [0.717, 1.165) is 0 Å². The van der Waals surface area contributed by atoms with E-state index < -0.39 is 0 Å². The van der Waals surface area contributed by atoms with Crippen LogP contribution in [-0.4, -0.2) is 0 Å². The molecule has 0 amide bonds. The first-order valence-electron chi connectivity index (χ1n) is 7.53. The lowest BCUT2D eigenvalue weighted by molar-refractivity contribution is 0.969. The molecule has 1 heteroatoms. The van der Waals surface area contributed by atoms with Gasteiger partial charge in [0.05, 0.1) is 0 Å². The van der Waals surface area contributed by atoms with Crippen molar-refractivity contribution in [3.8, 4) is 0 Å². The van der Waals surface area contributed by atoms with E-state index in [4.69, 9.17) is 0 Å². The van der Waals surface area contributed by atoms with Crippen LogP contribution in [0.1, 0.15) is 33.7 Å². The zero-order chi connectivity index (χ0) is 15.5. The molecule has 3 aromatic carbocycles. The maximum absolute atomic E-state index is 2.44. The second-order valence-corrected chi connectivity index (χ2v) is 6.80. The summed E-state index contributed by atoms with van der Waals surface area (Å²) in [6.45, 7) is 4.40. The van der Waals surface area contributed by atoms with Crippen LogP contribution in [0.25, 0.3) is 0 Å². The molecule has 0 aliphatic rings. The molecule has 0 aliphatic heterocycles. The number of rotatable bonds is 3. The van der Waals surface area contributed by atoms with Gasteiger partial charge < -0.3 is 0 Å². The lowest BCUT2D eigenvalue weighted by Gasteiger charge is -2.20. The van der Waals surface area contributed by atoms with Gasteiger partial charge >= 0.3 is 0 Å². The van der Waals surface area contributed by atoms with E-state index in [-0.39, 0.29) is 5.92 Å². The van der Waals surface area contributed by atoms with Crippen molar-refractivity contribution in [2.45, 2.75) is 19.8 Å². The lowest BCUT2D eigenvalue weighted by atomic mass is 9.84. The van der Waals surface area contributed by atoms with E-state index in [1.54, 1.807) is 0 Å². The highest BCUT2D eigenvalue weighted by atomic mass is 127. The zero-order valence-corrected chi connectivity index (χ0v) is 15.0. The second kappa shape index (κ2) is 6.66. The van der Waals surface area contributed by atoms with Crippen molar-refractivity contribution in [2.24, 2.45) is 0 Å². The van der Waals surface area contributed by atoms with Gasteiger partial charge in [0.1, 0.15) is 0 Å². The smallest absolute Gasteiger partial charge is 0.0340 e. The highest BCUT2D eigenvalue weighted by Crippen LogP contribution is 2.34. The van der Waals surface area contributed by atoms with Crippen molar-refractivity contribution in [1.82, 2.24) is 0 Å². The van der Waals surface area contributed by atoms with Gasteiger partial charge in [-0.25, -0.2) is 0 Å². The zero-order valence-electron chi connectivity index (χ0n) is 12.9. The molecule has 0 nitrogen and oxygen atoms in total. The fourth-order valence-electron chi connectivity index (χ4n) is 3.01. The summed E-state index contributed by atoms with van der Waals surface area (Å²) in [5.41, 5.74) is 6.76. The maximum Gasteiger partial charge on any atom is 0.0340 e. The minimum absolute atomic E-state index is 0.289. The van der Waals surface area contributed by atoms with Gasteiger partial charge in [0.2, 0.25) is 0 Å². The molecule has 110 valence electrons. The van der Waals surface area contributed by atoms with Crippen molar-refractivity contribution in [3.63, 3.8) is 0 Å². The molecule has 3 rings (SSSR count). The third-order valence-electron chi connectivity index (χ3n) is 4.06. The van der Waals surface area contributed by atoms with Crippen LogP contribution >= 0.6 is 22.6 Å². The molecule has 0 aliphatic carbocycles. The molecule has 0 spiro atoms. The van der Waals surface area contributed by atoms with Crippen LogP contribution in [0, 0.1) is 17.4 Å². The molecule has 0 bridgehead atoms. The third-order valence-corrected chi connectivity index (χ3v) is 5.76. The molecule has 0 radical (unpaired) electrons. The molecule has 0 fully saturated rings. The molecule has 3 aromatic rings. The molecule has 0 saturated heterocycles. The Balaban J connectivity index is 2.19. The van der Waals surface area contributed by atoms with Crippen LogP contribution in [0.5, 0.6) is 0 Å². The summed E-state index contributed by atoms with van der Waals surface area (Å²) >= 11 is 2.44. The summed E-state index contributed by atoms with van der Waals surface area (Å²) in [6.07, 6.45) is 0. The molecule has 0 aromatic heterocycles. The SMILES string of the molecule is Cc1cc(C(c2ccccc2)c2ccccc2)cc(C)c1I. The first-order chi connectivity index (χ1) is 10.7. The second-order valence-electron chi connectivity index (χ2n) is 5.72. The van der Waals surface area contributed by atoms with Crippen LogP contribution < -0.4 is 0 Å². The maximum atomic E-state index is 2.44. The van der Waals surface area contributed by atoms with Crippen LogP contribution in [0.2, 0.25) is 0 Å². The molecule has 0 unspecified atom stereocenters. The Morgan fingerprint density at radius 2 is 1.05 bits per heavy atom. The highest BCUT2D eigenvalue weighted by molar-refractivity contribution is 14.1. The van der Waals surface area contributed by atoms with Crippen molar-refractivity contribution >= 4 is 22.6 Å². The summed E-state index contributed by atoms with van der Waals surface area (Å²) in [5, 5.41) is 0. The molecule has 0 heterocycles.